The number of aliphatic imine (C=N–C) groups is 1. The number of nitrogens with zero attached hydrogens (tertiary/aromatic N) is 2. The quantitative estimate of drug-likeness (QED) is 0.614. The highest BCUT2D eigenvalue weighted by Crippen LogP contribution is 2.29. The second-order valence-corrected chi connectivity index (χ2v) is 5.88. The molecule has 0 aromatic heterocycles. The monoisotopic (exact) mass is 313 g/mol. The van der Waals surface area contributed by atoms with Gasteiger partial charge in [0.1, 0.15) is 5.82 Å². The molecule has 0 aliphatic rings. The van der Waals surface area contributed by atoms with E-state index in [0.717, 1.165) is 28.9 Å². The van der Waals surface area contributed by atoms with Gasteiger partial charge in [-0.25, -0.2) is 9.38 Å². The van der Waals surface area contributed by atoms with Gasteiger partial charge < -0.3 is 10.2 Å². The van der Waals surface area contributed by atoms with Crippen LogP contribution >= 0.6 is 0 Å². The zero-order chi connectivity index (χ0) is 17.0. The second-order valence-electron chi connectivity index (χ2n) is 5.88. The van der Waals surface area contributed by atoms with Gasteiger partial charge in [0.05, 0.1) is 17.7 Å². The molecule has 0 amide bonds. The molecule has 4 heteroatoms. The third kappa shape index (κ3) is 4.31. The van der Waals surface area contributed by atoms with E-state index in [1.54, 1.807) is 12.4 Å². The fourth-order valence-corrected chi connectivity index (χ4v) is 2.16. The van der Waals surface area contributed by atoms with Crippen LogP contribution in [-0.2, 0) is 0 Å². The highest BCUT2D eigenvalue weighted by Gasteiger charge is 2.08. The van der Waals surface area contributed by atoms with Crippen molar-refractivity contribution in [2.75, 3.05) is 18.9 Å². The minimum Gasteiger partial charge on any atom is -0.366 e. The maximum atomic E-state index is 14.4. The molecule has 0 unspecified atom stereocenters. The van der Waals surface area contributed by atoms with E-state index in [9.17, 15) is 4.39 Å². The summed E-state index contributed by atoms with van der Waals surface area (Å²) in [5.74, 6) is -0.303. The molecule has 1 N–H and O–H groups in total. The van der Waals surface area contributed by atoms with Crippen LogP contribution in [0.4, 0.5) is 21.5 Å². The lowest BCUT2D eigenvalue weighted by atomic mass is 10.1. The van der Waals surface area contributed by atoms with Gasteiger partial charge in [-0.1, -0.05) is 12.1 Å². The Hall–Kier alpha value is -2.36. The van der Waals surface area contributed by atoms with Crippen molar-refractivity contribution >= 4 is 23.4 Å². The van der Waals surface area contributed by atoms with E-state index in [2.05, 4.69) is 10.3 Å². The fraction of sp³-hybridized carbons (Fsp3) is 0.316. The molecule has 2 aromatic rings. The zero-order valence-corrected chi connectivity index (χ0v) is 14.4. The van der Waals surface area contributed by atoms with Crippen LogP contribution < -0.4 is 5.32 Å². The Kier molecular flexibility index (Phi) is 5.37. The number of benzene rings is 2. The first-order valence-corrected chi connectivity index (χ1v) is 7.79. The summed E-state index contributed by atoms with van der Waals surface area (Å²) in [6.45, 7) is 8.86. The van der Waals surface area contributed by atoms with Crippen molar-refractivity contribution < 1.29 is 4.39 Å². The largest absolute Gasteiger partial charge is 0.366 e. The van der Waals surface area contributed by atoms with Gasteiger partial charge >= 0.3 is 0 Å². The lowest BCUT2D eigenvalue weighted by molar-refractivity contribution is 0.552. The number of hydrogen-bond acceptors (Lipinski definition) is 2. The van der Waals surface area contributed by atoms with Crippen molar-refractivity contribution in [1.29, 1.82) is 0 Å². The number of nitrogens with one attached hydrogen (secondary N) is 1. The van der Waals surface area contributed by atoms with Gasteiger partial charge in [0.25, 0.3) is 0 Å². The third-order valence-electron chi connectivity index (χ3n) is 3.84. The van der Waals surface area contributed by atoms with E-state index in [-0.39, 0.29) is 5.82 Å². The molecule has 0 atom stereocenters. The molecule has 2 rings (SSSR count). The van der Waals surface area contributed by atoms with Crippen molar-refractivity contribution in [2.24, 2.45) is 4.99 Å². The van der Waals surface area contributed by atoms with Crippen LogP contribution in [-0.4, -0.2) is 24.8 Å². The Labute approximate surface area is 137 Å². The molecule has 3 nitrogen and oxygen atoms in total. The molecule has 0 saturated carbocycles. The van der Waals surface area contributed by atoms with Crippen LogP contribution in [0.15, 0.2) is 35.3 Å². The van der Waals surface area contributed by atoms with E-state index in [4.69, 9.17) is 0 Å². The van der Waals surface area contributed by atoms with Gasteiger partial charge in [0, 0.05) is 25.3 Å². The number of rotatable bonds is 5. The summed E-state index contributed by atoms with van der Waals surface area (Å²) >= 11 is 0. The van der Waals surface area contributed by atoms with Crippen molar-refractivity contribution in [3.8, 4) is 0 Å². The van der Waals surface area contributed by atoms with E-state index in [1.165, 1.54) is 6.07 Å². The van der Waals surface area contributed by atoms with Crippen LogP contribution in [0, 0.1) is 26.6 Å². The molecule has 122 valence electrons. The van der Waals surface area contributed by atoms with Crippen LogP contribution in [0.25, 0.3) is 0 Å². The molecule has 0 aliphatic heterocycles. The molecule has 0 fully saturated rings. The summed E-state index contributed by atoms with van der Waals surface area (Å²) in [5.41, 5.74) is 5.19. The molecule has 0 heterocycles. The first-order valence-electron chi connectivity index (χ1n) is 7.79. The van der Waals surface area contributed by atoms with Gasteiger partial charge in [-0.2, -0.15) is 0 Å². The average molecular weight is 313 g/mol. The molecular weight excluding hydrogens is 289 g/mol. The van der Waals surface area contributed by atoms with Crippen molar-refractivity contribution in [1.82, 2.24) is 4.90 Å². The maximum Gasteiger partial charge on any atom is 0.148 e. The van der Waals surface area contributed by atoms with Gasteiger partial charge in [-0.15, -0.1) is 0 Å². The van der Waals surface area contributed by atoms with Crippen LogP contribution in [0.3, 0.4) is 0 Å². The predicted molar refractivity (Wildman–Crippen MR) is 96.8 cm³/mol. The number of hydrogen-bond donors (Lipinski definition) is 1. The summed E-state index contributed by atoms with van der Waals surface area (Å²) in [6, 6.07) is 9.37. The highest BCUT2D eigenvalue weighted by atomic mass is 19.1. The number of halogens is 1. The molecule has 0 aliphatic carbocycles. The van der Waals surface area contributed by atoms with E-state index < -0.39 is 0 Å². The Morgan fingerprint density at radius 3 is 2.52 bits per heavy atom. The average Bonchev–Trinajstić information content (AvgIpc) is 2.52. The Morgan fingerprint density at radius 1 is 1.09 bits per heavy atom. The maximum absolute atomic E-state index is 14.4. The fourth-order valence-electron chi connectivity index (χ4n) is 2.16. The Balaban J connectivity index is 2.29. The summed E-state index contributed by atoms with van der Waals surface area (Å²) in [5, 5.41) is 3.19. The molecule has 23 heavy (non-hydrogen) atoms. The molecule has 0 radical (unpaired) electrons. The number of aryl methyl sites for hydroxylation is 3. The van der Waals surface area contributed by atoms with Gasteiger partial charge in [-0.3, -0.25) is 0 Å². The lowest BCUT2D eigenvalue weighted by Crippen LogP contribution is -2.14. The van der Waals surface area contributed by atoms with Gasteiger partial charge in [0.15, 0.2) is 0 Å². The van der Waals surface area contributed by atoms with Crippen LogP contribution in [0.1, 0.15) is 23.6 Å². The third-order valence-corrected chi connectivity index (χ3v) is 3.84. The summed E-state index contributed by atoms with van der Waals surface area (Å²) < 4.78 is 14.4. The van der Waals surface area contributed by atoms with Gasteiger partial charge in [0.2, 0.25) is 0 Å². The highest BCUT2D eigenvalue weighted by molar-refractivity contribution is 5.69. The first-order chi connectivity index (χ1) is 10.9. The minimum atomic E-state index is -0.303. The van der Waals surface area contributed by atoms with E-state index in [0.29, 0.717) is 11.4 Å². The van der Waals surface area contributed by atoms with Crippen molar-refractivity contribution in [3.05, 3.63) is 52.8 Å². The molecule has 0 saturated heterocycles. The molecule has 0 bridgehead atoms. The molecule has 2 aromatic carbocycles. The smallest absolute Gasteiger partial charge is 0.148 e. The van der Waals surface area contributed by atoms with Crippen molar-refractivity contribution in [3.63, 3.8) is 0 Å². The van der Waals surface area contributed by atoms with E-state index in [1.807, 2.05) is 57.8 Å². The zero-order valence-electron chi connectivity index (χ0n) is 14.4. The summed E-state index contributed by atoms with van der Waals surface area (Å²) in [4.78, 5) is 6.29. The van der Waals surface area contributed by atoms with Gasteiger partial charge in [-0.05, 0) is 56.5 Å². The Bertz CT molecular complexity index is 723. The molecular formula is C19H24FN3. The summed E-state index contributed by atoms with van der Waals surface area (Å²) in [7, 11) is 1.94. The van der Waals surface area contributed by atoms with Crippen LogP contribution in [0.5, 0.6) is 0 Å². The lowest BCUT2D eigenvalue weighted by Gasteiger charge is -2.13. The number of anilines is 2. The standard InChI is InChI=1S/C19H24FN3/c1-6-23(5)12-21-17-11-16(20)19(10-15(17)4)22-18-9-13(2)7-8-14(18)3/h7-12,22H,6H2,1-5H3/b21-12-. The predicted octanol–water partition coefficient (Wildman–Crippen LogP) is 5.11. The molecule has 0 spiro atoms. The topological polar surface area (TPSA) is 27.6 Å². The SMILES string of the molecule is CCN(C)/C=N\c1cc(F)c(Nc2cc(C)ccc2C)cc1C. The summed E-state index contributed by atoms with van der Waals surface area (Å²) in [6.07, 6.45) is 1.72. The minimum absolute atomic E-state index is 0.303. The van der Waals surface area contributed by atoms with Crippen LogP contribution in [0.2, 0.25) is 0 Å². The van der Waals surface area contributed by atoms with Crippen molar-refractivity contribution in [2.45, 2.75) is 27.7 Å². The normalized spacial score (nSPS) is 11.0. The Morgan fingerprint density at radius 2 is 1.83 bits per heavy atom. The second kappa shape index (κ2) is 7.27. The van der Waals surface area contributed by atoms with E-state index >= 15 is 0 Å². The first kappa shape index (κ1) is 17.0.